The molecule has 1 aliphatic rings. The Hall–Kier alpha value is -0.240. The summed E-state index contributed by atoms with van der Waals surface area (Å²) in [5.74, 6) is 0.590. The maximum absolute atomic E-state index is 5.92. The van der Waals surface area contributed by atoms with Gasteiger partial charge in [-0.2, -0.15) is 0 Å². The van der Waals surface area contributed by atoms with Gasteiger partial charge in [0.25, 0.3) is 0 Å². The van der Waals surface area contributed by atoms with Gasteiger partial charge in [0.15, 0.2) is 0 Å². The Kier molecular flexibility index (Phi) is 3.60. The van der Waals surface area contributed by atoms with Crippen LogP contribution in [0.5, 0.6) is 0 Å². The lowest BCUT2D eigenvalue weighted by Gasteiger charge is -2.23. The van der Waals surface area contributed by atoms with Gasteiger partial charge in [-0.3, -0.25) is 0 Å². The van der Waals surface area contributed by atoms with Crippen LogP contribution >= 0.6 is 24.0 Å². The molecule has 2 rings (SSSR count). The number of halogens is 2. The van der Waals surface area contributed by atoms with Crippen molar-refractivity contribution in [1.29, 1.82) is 0 Å². The van der Waals surface area contributed by atoms with Crippen molar-refractivity contribution in [1.82, 2.24) is 5.32 Å². The summed E-state index contributed by atoms with van der Waals surface area (Å²) < 4.78 is 0. The van der Waals surface area contributed by atoms with E-state index in [-0.39, 0.29) is 12.4 Å². The van der Waals surface area contributed by atoms with Crippen molar-refractivity contribution in [2.75, 3.05) is 6.54 Å². The standard InChI is InChI=1S/C10H12ClN.ClH/c1-7-5-12-6-8-2-3-9(11)4-10(7)8;/h2-4,7,12H,5-6H2,1H3;1H. The van der Waals surface area contributed by atoms with Crippen LogP contribution in [-0.4, -0.2) is 6.54 Å². The van der Waals surface area contributed by atoms with Crippen molar-refractivity contribution in [2.45, 2.75) is 19.4 Å². The molecule has 0 radical (unpaired) electrons. The quantitative estimate of drug-likeness (QED) is 0.705. The maximum atomic E-state index is 5.92. The molecule has 0 saturated heterocycles. The van der Waals surface area contributed by atoms with E-state index in [4.69, 9.17) is 11.6 Å². The summed E-state index contributed by atoms with van der Waals surface area (Å²) in [6.07, 6.45) is 0. The van der Waals surface area contributed by atoms with Crippen LogP contribution in [0, 0.1) is 0 Å². The van der Waals surface area contributed by atoms with Crippen LogP contribution in [0.3, 0.4) is 0 Å². The van der Waals surface area contributed by atoms with E-state index in [9.17, 15) is 0 Å². The summed E-state index contributed by atoms with van der Waals surface area (Å²) in [5, 5.41) is 4.22. The molecule has 1 aliphatic heterocycles. The molecule has 0 spiro atoms. The fourth-order valence-electron chi connectivity index (χ4n) is 1.72. The normalized spacial score (nSPS) is 20.3. The number of hydrogen-bond donors (Lipinski definition) is 1. The third kappa shape index (κ3) is 2.16. The molecule has 0 fully saturated rings. The predicted molar refractivity (Wildman–Crippen MR) is 58.8 cm³/mol. The number of nitrogens with one attached hydrogen (secondary N) is 1. The zero-order chi connectivity index (χ0) is 8.55. The predicted octanol–water partition coefficient (Wildman–Crippen LogP) is 2.97. The highest BCUT2D eigenvalue weighted by Gasteiger charge is 2.15. The highest BCUT2D eigenvalue weighted by atomic mass is 35.5. The van der Waals surface area contributed by atoms with Crippen molar-refractivity contribution in [2.24, 2.45) is 0 Å². The summed E-state index contributed by atoms with van der Waals surface area (Å²) in [6.45, 7) is 4.27. The summed E-state index contributed by atoms with van der Waals surface area (Å²) >= 11 is 5.92. The lowest BCUT2D eigenvalue weighted by Crippen LogP contribution is -2.26. The van der Waals surface area contributed by atoms with E-state index in [1.807, 2.05) is 6.07 Å². The second-order valence-corrected chi connectivity index (χ2v) is 3.81. The van der Waals surface area contributed by atoms with Gasteiger partial charge in [0.2, 0.25) is 0 Å². The molecule has 1 atom stereocenters. The van der Waals surface area contributed by atoms with E-state index in [1.54, 1.807) is 0 Å². The van der Waals surface area contributed by atoms with Crippen molar-refractivity contribution in [3.63, 3.8) is 0 Å². The van der Waals surface area contributed by atoms with E-state index in [0.717, 1.165) is 18.1 Å². The van der Waals surface area contributed by atoms with Gasteiger partial charge in [-0.25, -0.2) is 0 Å². The molecule has 1 unspecified atom stereocenters. The molecule has 1 aromatic rings. The zero-order valence-electron chi connectivity index (χ0n) is 7.51. The number of fused-ring (bicyclic) bond motifs is 1. The third-order valence-electron chi connectivity index (χ3n) is 2.40. The second kappa shape index (κ2) is 4.32. The number of hydrogen-bond acceptors (Lipinski definition) is 1. The van der Waals surface area contributed by atoms with Crippen molar-refractivity contribution >= 4 is 24.0 Å². The summed E-state index contributed by atoms with van der Waals surface area (Å²) in [6, 6.07) is 6.16. The van der Waals surface area contributed by atoms with Gasteiger partial charge >= 0.3 is 0 Å². The fraction of sp³-hybridized carbons (Fsp3) is 0.400. The average Bonchev–Trinajstić information content (AvgIpc) is 2.07. The second-order valence-electron chi connectivity index (χ2n) is 3.38. The van der Waals surface area contributed by atoms with Crippen LogP contribution in [0.1, 0.15) is 24.0 Å². The molecule has 1 N–H and O–H groups in total. The molecular weight excluding hydrogens is 205 g/mol. The highest BCUT2D eigenvalue weighted by molar-refractivity contribution is 6.30. The van der Waals surface area contributed by atoms with E-state index in [1.165, 1.54) is 11.1 Å². The molecule has 13 heavy (non-hydrogen) atoms. The molecule has 0 amide bonds. The smallest absolute Gasteiger partial charge is 0.0409 e. The Balaban J connectivity index is 0.000000845. The van der Waals surface area contributed by atoms with E-state index in [2.05, 4.69) is 24.4 Å². The Labute approximate surface area is 89.9 Å². The van der Waals surface area contributed by atoms with Crippen molar-refractivity contribution in [3.8, 4) is 0 Å². The first kappa shape index (κ1) is 10.8. The Morgan fingerprint density at radius 1 is 1.46 bits per heavy atom. The largest absolute Gasteiger partial charge is 0.312 e. The average molecular weight is 218 g/mol. The molecular formula is C10H13Cl2N. The Bertz CT molecular complexity index is 299. The highest BCUT2D eigenvalue weighted by Crippen LogP contribution is 2.26. The van der Waals surface area contributed by atoms with E-state index in [0.29, 0.717) is 5.92 Å². The van der Waals surface area contributed by atoms with Gasteiger partial charge in [0.05, 0.1) is 0 Å². The molecule has 0 bridgehead atoms. The SMILES string of the molecule is CC1CNCc2ccc(Cl)cc21.Cl. The van der Waals surface area contributed by atoms with Gasteiger partial charge in [0.1, 0.15) is 0 Å². The first-order chi connectivity index (χ1) is 5.77. The first-order valence-electron chi connectivity index (χ1n) is 4.26. The lowest BCUT2D eigenvalue weighted by molar-refractivity contribution is 0.571. The van der Waals surface area contributed by atoms with Crippen LogP contribution in [0.4, 0.5) is 0 Å². The van der Waals surface area contributed by atoms with Gasteiger partial charge in [0, 0.05) is 18.1 Å². The monoisotopic (exact) mass is 217 g/mol. The van der Waals surface area contributed by atoms with E-state index < -0.39 is 0 Å². The lowest BCUT2D eigenvalue weighted by atomic mass is 9.92. The molecule has 0 aliphatic carbocycles. The van der Waals surface area contributed by atoms with Crippen LogP contribution < -0.4 is 5.32 Å². The maximum Gasteiger partial charge on any atom is 0.0409 e. The van der Waals surface area contributed by atoms with Gasteiger partial charge in [-0.1, -0.05) is 24.6 Å². The van der Waals surface area contributed by atoms with Crippen molar-refractivity contribution in [3.05, 3.63) is 34.3 Å². The van der Waals surface area contributed by atoms with Crippen LogP contribution in [0.2, 0.25) is 5.02 Å². The van der Waals surface area contributed by atoms with Crippen LogP contribution in [0.15, 0.2) is 18.2 Å². The molecule has 72 valence electrons. The summed E-state index contributed by atoms with van der Waals surface area (Å²) in [4.78, 5) is 0. The zero-order valence-corrected chi connectivity index (χ0v) is 9.08. The Morgan fingerprint density at radius 2 is 2.23 bits per heavy atom. The molecule has 1 heterocycles. The summed E-state index contributed by atoms with van der Waals surface area (Å²) in [7, 11) is 0. The summed E-state index contributed by atoms with van der Waals surface area (Å²) in [5.41, 5.74) is 2.79. The van der Waals surface area contributed by atoms with Crippen LogP contribution in [-0.2, 0) is 6.54 Å². The molecule has 0 saturated carbocycles. The van der Waals surface area contributed by atoms with Gasteiger partial charge in [-0.15, -0.1) is 12.4 Å². The van der Waals surface area contributed by atoms with Gasteiger partial charge < -0.3 is 5.32 Å². The van der Waals surface area contributed by atoms with E-state index >= 15 is 0 Å². The molecule has 0 aromatic heterocycles. The van der Waals surface area contributed by atoms with Gasteiger partial charge in [-0.05, 0) is 29.2 Å². The fourth-order valence-corrected chi connectivity index (χ4v) is 1.90. The van der Waals surface area contributed by atoms with Crippen LogP contribution in [0.25, 0.3) is 0 Å². The first-order valence-corrected chi connectivity index (χ1v) is 4.64. The Morgan fingerprint density at radius 3 is 3.00 bits per heavy atom. The number of benzene rings is 1. The minimum Gasteiger partial charge on any atom is -0.312 e. The minimum absolute atomic E-state index is 0. The molecule has 3 heteroatoms. The topological polar surface area (TPSA) is 12.0 Å². The minimum atomic E-state index is 0. The molecule has 1 aromatic carbocycles. The van der Waals surface area contributed by atoms with Crippen molar-refractivity contribution < 1.29 is 0 Å². The third-order valence-corrected chi connectivity index (χ3v) is 2.64. The number of rotatable bonds is 0. The molecule has 1 nitrogen and oxygen atoms in total.